The predicted molar refractivity (Wildman–Crippen MR) is 81.6 cm³/mol. The highest BCUT2D eigenvalue weighted by Gasteiger charge is 2.12. The van der Waals surface area contributed by atoms with Crippen LogP contribution in [0.1, 0.15) is 25.0 Å². The Kier molecular flexibility index (Phi) is 5.31. The molecule has 0 fully saturated rings. The van der Waals surface area contributed by atoms with Gasteiger partial charge in [-0.05, 0) is 25.5 Å². The van der Waals surface area contributed by atoms with E-state index in [1.165, 1.54) is 22.9 Å². The van der Waals surface area contributed by atoms with E-state index in [0.717, 1.165) is 23.7 Å². The van der Waals surface area contributed by atoms with Crippen LogP contribution in [0, 0.1) is 10.1 Å². The second-order valence-corrected chi connectivity index (χ2v) is 4.79. The lowest BCUT2D eigenvalue weighted by Gasteiger charge is -2.01. The number of furan rings is 1. The third-order valence-corrected chi connectivity index (χ3v) is 3.13. The van der Waals surface area contributed by atoms with Gasteiger partial charge in [0.2, 0.25) is 5.88 Å². The van der Waals surface area contributed by atoms with Gasteiger partial charge in [0.05, 0.1) is 18.5 Å². The maximum absolute atomic E-state index is 12.1. The predicted octanol–water partition coefficient (Wildman–Crippen LogP) is 0.868. The fraction of sp³-hybridized carbons (Fsp3) is 0.385. The van der Waals surface area contributed by atoms with Crippen LogP contribution in [-0.2, 0) is 6.54 Å². The van der Waals surface area contributed by atoms with Gasteiger partial charge in [-0.2, -0.15) is 9.78 Å². The summed E-state index contributed by atoms with van der Waals surface area (Å²) in [7, 11) is 0. The van der Waals surface area contributed by atoms with Crippen molar-refractivity contribution in [2.45, 2.75) is 25.8 Å². The number of imidazole rings is 1. The van der Waals surface area contributed by atoms with Gasteiger partial charge in [0.25, 0.3) is 0 Å². The maximum atomic E-state index is 12.1. The molecule has 0 bridgehead atoms. The van der Waals surface area contributed by atoms with Crippen LogP contribution in [0.3, 0.4) is 0 Å². The van der Waals surface area contributed by atoms with Gasteiger partial charge in [-0.25, -0.2) is 4.79 Å². The molecule has 0 saturated heterocycles. The SMILES string of the molecule is NCCCCCn1c(O)cn(N=Cc2ccc([N+](=O)[O-])o2)c1=O. The average Bonchev–Trinajstić information content (AvgIpc) is 3.08. The summed E-state index contributed by atoms with van der Waals surface area (Å²) in [4.78, 5) is 21.9. The van der Waals surface area contributed by atoms with Crippen LogP contribution < -0.4 is 11.4 Å². The minimum Gasteiger partial charge on any atom is -0.493 e. The molecule has 0 aliphatic rings. The van der Waals surface area contributed by atoms with Gasteiger partial charge in [-0.15, -0.1) is 0 Å². The summed E-state index contributed by atoms with van der Waals surface area (Å²) in [5, 5.41) is 24.1. The van der Waals surface area contributed by atoms with Crippen molar-refractivity contribution < 1.29 is 14.4 Å². The second kappa shape index (κ2) is 7.40. The Bertz CT molecular complexity index is 757. The van der Waals surface area contributed by atoms with Gasteiger partial charge >= 0.3 is 11.6 Å². The minimum atomic E-state index is -0.673. The topological polar surface area (TPSA) is 142 Å². The van der Waals surface area contributed by atoms with Crippen molar-refractivity contribution in [3.63, 3.8) is 0 Å². The molecule has 0 saturated carbocycles. The van der Waals surface area contributed by atoms with Crippen molar-refractivity contribution in [2.75, 3.05) is 6.54 Å². The normalized spacial score (nSPS) is 11.3. The first-order valence-electron chi connectivity index (χ1n) is 7.02. The van der Waals surface area contributed by atoms with Gasteiger partial charge in [-0.3, -0.25) is 14.7 Å². The molecule has 10 nitrogen and oxygen atoms in total. The number of hydrogen-bond donors (Lipinski definition) is 2. The van der Waals surface area contributed by atoms with Crippen LogP contribution in [0.5, 0.6) is 5.88 Å². The first-order chi connectivity index (χ1) is 11.0. The summed E-state index contributed by atoms with van der Waals surface area (Å²) < 4.78 is 7.02. The first kappa shape index (κ1) is 16.5. The molecule has 2 aromatic rings. The molecule has 10 heteroatoms. The summed E-state index contributed by atoms with van der Waals surface area (Å²) in [6, 6.07) is 2.54. The third-order valence-electron chi connectivity index (χ3n) is 3.13. The Morgan fingerprint density at radius 1 is 1.39 bits per heavy atom. The summed E-state index contributed by atoms with van der Waals surface area (Å²) in [6.07, 6.45) is 4.74. The Labute approximate surface area is 130 Å². The standard InChI is InChI=1S/C13H17N5O5/c14-6-2-1-3-7-16-11(19)9-17(13(16)20)15-8-10-4-5-12(23-10)18(21)22/h4-5,8-9,19H,1-3,6-7,14H2. The van der Waals surface area contributed by atoms with Gasteiger partial charge < -0.3 is 15.3 Å². The fourth-order valence-electron chi connectivity index (χ4n) is 1.97. The molecular formula is C13H17N5O5. The molecule has 2 rings (SSSR count). The van der Waals surface area contributed by atoms with Crippen LogP contribution in [-0.4, -0.2) is 32.0 Å². The Hall–Kier alpha value is -2.88. The average molecular weight is 323 g/mol. The Morgan fingerprint density at radius 3 is 2.83 bits per heavy atom. The number of aromatic nitrogens is 2. The van der Waals surface area contributed by atoms with E-state index in [1.807, 2.05) is 0 Å². The molecule has 0 atom stereocenters. The molecular weight excluding hydrogens is 306 g/mol. The zero-order valence-electron chi connectivity index (χ0n) is 12.3. The quantitative estimate of drug-likeness (QED) is 0.319. The number of rotatable bonds is 8. The Morgan fingerprint density at radius 2 is 2.17 bits per heavy atom. The van der Waals surface area contributed by atoms with Gasteiger partial charge in [0.1, 0.15) is 4.92 Å². The van der Waals surface area contributed by atoms with Gasteiger partial charge in [0, 0.05) is 6.54 Å². The molecule has 124 valence electrons. The molecule has 2 aromatic heterocycles. The van der Waals surface area contributed by atoms with Crippen molar-refractivity contribution in [1.29, 1.82) is 0 Å². The summed E-state index contributed by atoms with van der Waals surface area (Å²) >= 11 is 0. The largest absolute Gasteiger partial charge is 0.493 e. The molecule has 0 spiro atoms. The highest BCUT2D eigenvalue weighted by molar-refractivity contribution is 5.76. The van der Waals surface area contributed by atoms with E-state index in [1.54, 1.807) is 0 Å². The molecule has 3 N–H and O–H groups in total. The first-order valence-corrected chi connectivity index (χ1v) is 7.02. The fourth-order valence-corrected chi connectivity index (χ4v) is 1.97. The van der Waals surface area contributed by atoms with E-state index in [-0.39, 0.29) is 11.6 Å². The van der Waals surface area contributed by atoms with E-state index >= 15 is 0 Å². The van der Waals surface area contributed by atoms with E-state index < -0.39 is 16.5 Å². The number of unbranched alkanes of at least 4 members (excludes halogenated alkanes) is 2. The van der Waals surface area contributed by atoms with E-state index in [4.69, 9.17) is 10.2 Å². The summed E-state index contributed by atoms with van der Waals surface area (Å²) in [6.45, 7) is 0.945. The molecule has 0 unspecified atom stereocenters. The lowest BCUT2D eigenvalue weighted by molar-refractivity contribution is -0.402. The van der Waals surface area contributed by atoms with Crippen molar-refractivity contribution in [3.05, 3.63) is 44.7 Å². The minimum absolute atomic E-state index is 0.124. The van der Waals surface area contributed by atoms with Gasteiger partial charge in [0.15, 0.2) is 5.76 Å². The highest BCUT2D eigenvalue weighted by Crippen LogP contribution is 2.14. The molecule has 0 aliphatic carbocycles. The van der Waals surface area contributed by atoms with Crippen LogP contribution in [0.4, 0.5) is 5.88 Å². The highest BCUT2D eigenvalue weighted by atomic mass is 16.6. The third kappa shape index (κ3) is 4.07. The molecule has 0 radical (unpaired) electrons. The summed E-state index contributed by atoms with van der Waals surface area (Å²) in [5.74, 6) is -0.497. The van der Waals surface area contributed by atoms with Crippen LogP contribution in [0.15, 0.2) is 32.6 Å². The summed E-state index contributed by atoms with van der Waals surface area (Å²) in [5.41, 5.74) is 4.89. The molecule has 23 heavy (non-hydrogen) atoms. The molecule has 0 aliphatic heterocycles. The molecule has 0 amide bonds. The van der Waals surface area contributed by atoms with Crippen LogP contribution >= 0.6 is 0 Å². The van der Waals surface area contributed by atoms with E-state index in [2.05, 4.69) is 5.10 Å². The lowest BCUT2D eigenvalue weighted by Crippen LogP contribution is -2.22. The number of nitrogens with two attached hydrogens (primary N) is 1. The van der Waals surface area contributed by atoms with Crippen molar-refractivity contribution >= 4 is 12.1 Å². The lowest BCUT2D eigenvalue weighted by atomic mass is 10.2. The number of hydrogen-bond acceptors (Lipinski definition) is 7. The zero-order chi connectivity index (χ0) is 16.8. The number of nitro groups is 1. The molecule has 0 aromatic carbocycles. The monoisotopic (exact) mass is 323 g/mol. The second-order valence-electron chi connectivity index (χ2n) is 4.79. The number of aromatic hydroxyl groups is 1. The smallest absolute Gasteiger partial charge is 0.433 e. The van der Waals surface area contributed by atoms with Crippen LogP contribution in [0.2, 0.25) is 0 Å². The molecule has 2 heterocycles. The van der Waals surface area contributed by atoms with Crippen molar-refractivity contribution in [2.24, 2.45) is 10.8 Å². The van der Waals surface area contributed by atoms with Crippen LogP contribution in [0.25, 0.3) is 0 Å². The zero-order valence-corrected chi connectivity index (χ0v) is 12.3. The van der Waals surface area contributed by atoms with E-state index in [0.29, 0.717) is 19.5 Å². The Balaban J connectivity index is 2.09. The van der Waals surface area contributed by atoms with E-state index in [9.17, 15) is 20.0 Å². The van der Waals surface area contributed by atoms with Crippen molar-refractivity contribution in [3.8, 4) is 5.88 Å². The van der Waals surface area contributed by atoms with Gasteiger partial charge in [-0.1, -0.05) is 6.42 Å². The van der Waals surface area contributed by atoms with Crippen molar-refractivity contribution in [1.82, 2.24) is 9.24 Å². The maximum Gasteiger partial charge on any atom is 0.433 e. The number of nitrogens with zero attached hydrogens (tertiary/aromatic N) is 4.